The number of primary sulfonamides is 1. The summed E-state index contributed by atoms with van der Waals surface area (Å²) < 4.78 is 47.0. The standard InChI is InChI=1S/C8H9F2NO2S/c9-7-2-1-3-8(10)6(7)4-5-14(11,12)13/h1-3H,4-5H2,(H2,11,12,13). The van der Waals surface area contributed by atoms with Crippen LogP contribution in [0.4, 0.5) is 8.78 Å². The van der Waals surface area contributed by atoms with Gasteiger partial charge in [-0.05, 0) is 18.6 Å². The summed E-state index contributed by atoms with van der Waals surface area (Å²) in [5.41, 5.74) is -0.249. The zero-order valence-electron chi connectivity index (χ0n) is 7.20. The molecule has 6 heteroatoms. The number of rotatable bonds is 3. The normalized spacial score (nSPS) is 11.6. The lowest BCUT2D eigenvalue weighted by Crippen LogP contribution is -2.18. The molecule has 0 unspecified atom stereocenters. The average molecular weight is 221 g/mol. The fourth-order valence-corrected chi connectivity index (χ4v) is 1.50. The molecule has 0 amide bonds. The van der Waals surface area contributed by atoms with Crippen LogP contribution in [0.25, 0.3) is 0 Å². The number of sulfonamides is 1. The Morgan fingerprint density at radius 3 is 2.14 bits per heavy atom. The second-order valence-corrected chi connectivity index (χ2v) is 4.55. The second-order valence-electron chi connectivity index (χ2n) is 2.82. The summed E-state index contributed by atoms with van der Waals surface area (Å²) in [6, 6.07) is 3.36. The Kier molecular flexibility index (Phi) is 3.17. The van der Waals surface area contributed by atoms with Gasteiger partial charge >= 0.3 is 0 Å². The molecule has 0 radical (unpaired) electrons. The first-order valence-electron chi connectivity index (χ1n) is 3.83. The second kappa shape index (κ2) is 4.02. The van der Waals surface area contributed by atoms with Crippen LogP contribution in [0.1, 0.15) is 5.56 Å². The summed E-state index contributed by atoms with van der Waals surface area (Å²) in [6.45, 7) is 0. The van der Waals surface area contributed by atoms with E-state index in [1.54, 1.807) is 0 Å². The van der Waals surface area contributed by atoms with E-state index in [0.717, 1.165) is 12.1 Å². The van der Waals surface area contributed by atoms with Gasteiger partial charge in [0.25, 0.3) is 0 Å². The third-order valence-electron chi connectivity index (χ3n) is 1.70. The van der Waals surface area contributed by atoms with Crippen LogP contribution < -0.4 is 5.14 Å². The highest BCUT2D eigenvalue weighted by atomic mass is 32.2. The molecule has 0 aliphatic rings. The zero-order valence-corrected chi connectivity index (χ0v) is 8.02. The van der Waals surface area contributed by atoms with E-state index < -0.39 is 27.4 Å². The minimum Gasteiger partial charge on any atom is -0.229 e. The Labute approximate surface area is 80.6 Å². The van der Waals surface area contributed by atoms with Crippen LogP contribution in [-0.4, -0.2) is 14.2 Å². The predicted molar refractivity (Wildman–Crippen MR) is 48.0 cm³/mol. The van der Waals surface area contributed by atoms with Crippen molar-refractivity contribution in [3.8, 4) is 0 Å². The first kappa shape index (κ1) is 11.1. The maximum atomic E-state index is 12.9. The molecular formula is C8H9F2NO2S. The van der Waals surface area contributed by atoms with Gasteiger partial charge in [0.2, 0.25) is 10.0 Å². The Bertz CT molecular complexity index is 411. The third-order valence-corrected chi connectivity index (χ3v) is 2.47. The van der Waals surface area contributed by atoms with Gasteiger partial charge in [0.1, 0.15) is 11.6 Å². The summed E-state index contributed by atoms with van der Waals surface area (Å²) >= 11 is 0. The van der Waals surface area contributed by atoms with Crippen molar-refractivity contribution in [1.82, 2.24) is 0 Å². The zero-order chi connectivity index (χ0) is 10.8. The van der Waals surface area contributed by atoms with E-state index in [4.69, 9.17) is 5.14 Å². The van der Waals surface area contributed by atoms with Crippen LogP contribution in [0.2, 0.25) is 0 Å². The monoisotopic (exact) mass is 221 g/mol. The molecule has 0 saturated carbocycles. The molecule has 0 spiro atoms. The Morgan fingerprint density at radius 2 is 1.71 bits per heavy atom. The number of hydrogen-bond donors (Lipinski definition) is 1. The van der Waals surface area contributed by atoms with Gasteiger partial charge in [-0.1, -0.05) is 6.07 Å². The highest BCUT2D eigenvalue weighted by Crippen LogP contribution is 2.12. The molecule has 0 heterocycles. The molecule has 0 bridgehead atoms. The van der Waals surface area contributed by atoms with Crippen molar-refractivity contribution in [2.45, 2.75) is 6.42 Å². The van der Waals surface area contributed by atoms with Crippen molar-refractivity contribution in [2.75, 3.05) is 5.75 Å². The fraction of sp³-hybridized carbons (Fsp3) is 0.250. The van der Waals surface area contributed by atoms with Gasteiger partial charge in [0, 0.05) is 5.56 Å². The van der Waals surface area contributed by atoms with Gasteiger partial charge in [0.05, 0.1) is 5.75 Å². The summed E-state index contributed by atoms with van der Waals surface area (Å²) in [5, 5.41) is 4.71. The van der Waals surface area contributed by atoms with Gasteiger partial charge in [0.15, 0.2) is 0 Å². The molecule has 3 nitrogen and oxygen atoms in total. The highest BCUT2D eigenvalue weighted by Gasteiger charge is 2.11. The Balaban J connectivity index is 2.87. The van der Waals surface area contributed by atoms with E-state index in [-0.39, 0.29) is 12.0 Å². The van der Waals surface area contributed by atoms with Crippen LogP contribution in [-0.2, 0) is 16.4 Å². The molecule has 0 aromatic heterocycles. The topological polar surface area (TPSA) is 60.2 Å². The van der Waals surface area contributed by atoms with Gasteiger partial charge in [-0.3, -0.25) is 0 Å². The van der Waals surface area contributed by atoms with E-state index in [9.17, 15) is 17.2 Å². The molecule has 0 saturated heterocycles. The Hall–Kier alpha value is -1.01. The van der Waals surface area contributed by atoms with Crippen LogP contribution in [0, 0.1) is 11.6 Å². The maximum absolute atomic E-state index is 12.9. The quantitative estimate of drug-likeness (QED) is 0.820. The van der Waals surface area contributed by atoms with Gasteiger partial charge in [-0.15, -0.1) is 0 Å². The molecule has 1 rings (SSSR count). The molecule has 2 N–H and O–H groups in total. The van der Waals surface area contributed by atoms with E-state index in [0.29, 0.717) is 0 Å². The SMILES string of the molecule is NS(=O)(=O)CCc1c(F)cccc1F. The van der Waals surface area contributed by atoms with E-state index >= 15 is 0 Å². The minimum absolute atomic E-state index is 0.249. The van der Waals surface area contributed by atoms with Crippen molar-refractivity contribution in [2.24, 2.45) is 5.14 Å². The largest absolute Gasteiger partial charge is 0.229 e. The van der Waals surface area contributed by atoms with Crippen molar-refractivity contribution in [1.29, 1.82) is 0 Å². The van der Waals surface area contributed by atoms with E-state index in [1.807, 2.05) is 0 Å². The van der Waals surface area contributed by atoms with Gasteiger partial charge in [-0.25, -0.2) is 22.3 Å². The minimum atomic E-state index is -3.69. The van der Waals surface area contributed by atoms with Crippen LogP contribution >= 0.6 is 0 Å². The van der Waals surface area contributed by atoms with Gasteiger partial charge < -0.3 is 0 Å². The molecule has 1 aromatic carbocycles. The summed E-state index contributed by atoms with van der Waals surface area (Å²) in [6.07, 6.45) is -0.253. The van der Waals surface area contributed by atoms with Crippen molar-refractivity contribution < 1.29 is 17.2 Å². The number of halogens is 2. The predicted octanol–water partition coefficient (Wildman–Crippen LogP) is 0.796. The van der Waals surface area contributed by atoms with Gasteiger partial charge in [-0.2, -0.15) is 0 Å². The lowest BCUT2D eigenvalue weighted by Gasteiger charge is -2.02. The number of hydrogen-bond acceptors (Lipinski definition) is 2. The van der Waals surface area contributed by atoms with E-state index in [2.05, 4.69) is 0 Å². The van der Waals surface area contributed by atoms with Crippen molar-refractivity contribution in [3.05, 3.63) is 35.4 Å². The van der Waals surface area contributed by atoms with Crippen molar-refractivity contribution in [3.63, 3.8) is 0 Å². The third kappa shape index (κ3) is 3.04. The first-order chi connectivity index (χ1) is 6.40. The summed E-state index contributed by atoms with van der Waals surface area (Å²) in [4.78, 5) is 0. The molecule has 0 atom stereocenters. The molecule has 0 aliphatic heterocycles. The lowest BCUT2D eigenvalue weighted by molar-refractivity contribution is 0.556. The molecule has 0 aliphatic carbocycles. The van der Waals surface area contributed by atoms with Crippen LogP contribution in [0.5, 0.6) is 0 Å². The number of benzene rings is 1. The lowest BCUT2D eigenvalue weighted by atomic mass is 10.1. The summed E-state index contributed by atoms with van der Waals surface area (Å²) in [7, 11) is -3.69. The highest BCUT2D eigenvalue weighted by molar-refractivity contribution is 7.89. The summed E-state index contributed by atoms with van der Waals surface area (Å²) in [5.74, 6) is -1.98. The van der Waals surface area contributed by atoms with Crippen LogP contribution in [0.15, 0.2) is 18.2 Å². The molecule has 0 fully saturated rings. The van der Waals surface area contributed by atoms with Crippen LogP contribution in [0.3, 0.4) is 0 Å². The van der Waals surface area contributed by atoms with Crippen molar-refractivity contribution >= 4 is 10.0 Å². The molecule has 1 aromatic rings. The molecule has 14 heavy (non-hydrogen) atoms. The first-order valence-corrected chi connectivity index (χ1v) is 5.55. The smallest absolute Gasteiger partial charge is 0.209 e. The van der Waals surface area contributed by atoms with E-state index in [1.165, 1.54) is 6.07 Å². The average Bonchev–Trinajstić information content (AvgIpc) is 2.01. The fourth-order valence-electron chi connectivity index (χ4n) is 1.02. The maximum Gasteiger partial charge on any atom is 0.209 e. The number of nitrogens with two attached hydrogens (primary N) is 1. The molecular weight excluding hydrogens is 212 g/mol. The Morgan fingerprint density at radius 1 is 1.21 bits per heavy atom. The molecule has 78 valence electrons.